The van der Waals surface area contributed by atoms with Crippen LogP contribution in [-0.4, -0.2) is 19.1 Å². The molecule has 0 heterocycles. The van der Waals surface area contributed by atoms with Crippen molar-refractivity contribution in [1.29, 1.82) is 0 Å². The highest BCUT2D eigenvalue weighted by Gasteiger charge is 2.45. The van der Waals surface area contributed by atoms with Crippen molar-refractivity contribution >= 4 is 5.97 Å². The van der Waals surface area contributed by atoms with E-state index in [4.69, 9.17) is 4.74 Å². The third kappa shape index (κ3) is 3.29. The molecule has 0 amide bonds. The second kappa shape index (κ2) is 7.08. The van der Waals surface area contributed by atoms with Crippen molar-refractivity contribution in [3.05, 3.63) is 35.9 Å². The highest BCUT2D eigenvalue weighted by Crippen LogP contribution is 2.33. The average molecular weight is 289 g/mol. The van der Waals surface area contributed by atoms with Crippen molar-refractivity contribution < 1.29 is 9.53 Å². The average Bonchev–Trinajstić information content (AvgIpc) is 2.53. The first-order valence-corrected chi connectivity index (χ1v) is 8.03. The standard InChI is InChI=1S/C18H27NO2/c1-14(2)18(17(20)21-3,15-10-6-4-7-11-15)19-16-12-8-5-9-13-16/h4,6-7,10-11,14,16,19H,5,8-9,12-13H2,1-3H3. The summed E-state index contributed by atoms with van der Waals surface area (Å²) in [6.07, 6.45) is 6.05. The maximum Gasteiger partial charge on any atom is 0.331 e. The summed E-state index contributed by atoms with van der Waals surface area (Å²) in [4.78, 5) is 12.7. The zero-order valence-electron chi connectivity index (χ0n) is 13.4. The van der Waals surface area contributed by atoms with Crippen molar-refractivity contribution in [2.45, 2.75) is 57.5 Å². The van der Waals surface area contributed by atoms with Gasteiger partial charge in [-0.1, -0.05) is 63.4 Å². The molecule has 1 fully saturated rings. The third-order valence-corrected chi connectivity index (χ3v) is 4.64. The smallest absolute Gasteiger partial charge is 0.331 e. The van der Waals surface area contributed by atoms with Crippen LogP contribution in [0, 0.1) is 5.92 Å². The van der Waals surface area contributed by atoms with E-state index in [1.165, 1.54) is 26.4 Å². The Morgan fingerprint density at radius 1 is 1.19 bits per heavy atom. The first kappa shape index (κ1) is 16.0. The summed E-state index contributed by atoms with van der Waals surface area (Å²) in [7, 11) is 1.48. The van der Waals surface area contributed by atoms with Gasteiger partial charge in [0.15, 0.2) is 0 Å². The first-order valence-electron chi connectivity index (χ1n) is 8.03. The molecule has 0 saturated heterocycles. The van der Waals surface area contributed by atoms with Crippen LogP contribution in [0.2, 0.25) is 0 Å². The van der Waals surface area contributed by atoms with E-state index in [2.05, 4.69) is 19.2 Å². The molecule has 1 aliphatic rings. The summed E-state index contributed by atoms with van der Waals surface area (Å²) in [5, 5.41) is 3.66. The summed E-state index contributed by atoms with van der Waals surface area (Å²) in [6.45, 7) is 4.17. The largest absolute Gasteiger partial charge is 0.467 e. The predicted molar refractivity (Wildman–Crippen MR) is 85.0 cm³/mol. The van der Waals surface area contributed by atoms with Crippen molar-refractivity contribution in [2.24, 2.45) is 5.92 Å². The minimum Gasteiger partial charge on any atom is -0.467 e. The molecule has 1 N–H and O–H groups in total. The van der Waals surface area contributed by atoms with Gasteiger partial charge in [0.05, 0.1) is 7.11 Å². The number of nitrogens with one attached hydrogen (secondary N) is 1. The fourth-order valence-electron chi connectivity index (χ4n) is 3.43. The molecule has 1 aliphatic carbocycles. The second-order valence-corrected chi connectivity index (χ2v) is 6.30. The lowest BCUT2D eigenvalue weighted by Gasteiger charge is -2.40. The zero-order chi connectivity index (χ0) is 15.3. The maximum atomic E-state index is 12.7. The van der Waals surface area contributed by atoms with Gasteiger partial charge >= 0.3 is 5.97 Å². The Kier molecular flexibility index (Phi) is 5.40. The fourth-order valence-corrected chi connectivity index (χ4v) is 3.43. The van der Waals surface area contributed by atoms with Crippen LogP contribution in [0.15, 0.2) is 30.3 Å². The highest BCUT2D eigenvalue weighted by atomic mass is 16.5. The van der Waals surface area contributed by atoms with Crippen LogP contribution in [-0.2, 0) is 15.1 Å². The number of esters is 1. The molecule has 2 rings (SSSR count). The first-order chi connectivity index (χ1) is 10.1. The van der Waals surface area contributed by atoms with Gasteiger partial charge in [-0.05, 0) is 24.3 Å². The van der Waals surface area contributed by atoms with Crippen LogP contribution in [0.25, 0.3) is 0 Å². The molecule has 3 nitrogen and oxygen atoms in total. The van der Waals surface area contributed by atoms with Crippen LogP contribution in [0.5, 0.6) is 0 Å². The summed E-state index contributed by atoms with van der Waals surface area (Å²) >= 11 is 0. The molecule has 0 aliphatic heterocycles. The molecule has 1 aromatic rings. The van der Waals surface area contributed by atoms with E-state index in [9.17, 15) is 4.79 Å². The van der Waals surface area contributed by atoms with Gasteiger partial charge in [-0.25, -0.2) is 4.79 Å². The summed E-state index contributed by atoms with van der Waals surface area (Å²) in [6, 6.07) is 10.4. The molecule has 0 radical (unpaired) electrons. The summed E-state index contributed by atoms with van der Waals surface area (Å²) < 4.78 is 5.17. The van der Waals surface area contributed by atoms with Crippen molar-refractivity contribution in [1.82, 2.24) is 5.32 Å². The molecular weight excluding hydrogens is 262 g/mol. The summed E-state index contributed by atoms with van der Waals surface area (Å²) in [5.41, 5.74) is 0.246. The lowest BCUT2D eigenvalue weighted by atomic mass is 9.78. The molecule has 21 heavy (non-hydrogen) atoms. The Bertz CT molecular complexity index is 452. The Balaban J connectivity index is 2.38. The van der Waals surface area contributed by atoms with E-state index in [1.54, 1.807) is 0 Å². The van der Waals surface area contributed by atoms with Crippen LogP contribution >= 0.6 is 0 Å². The van der Waals surface area contributed by atoms with Crippen molar-refractivity contribution in [2.75, 3.05) is 7.11 Å². The third-order valence-electron chi connectivity index (χ3n) is 4.64. The number of benzene rings is 1. The molecular formula is C18H27NO2. The fraction of sp³-hybridized carbons (Fsp3) is 0.611. The Morgan fingerprint density at radius 3 is 2.33 bits per heavy atom. The van der Waals surface area contributed by atoms with Gasteiger partial charge < -0.3 is 4.74 Å². The van der Waals surface area contributed by atoms with Gasteiger partial charge in [-0.2, -0.15) is 0 Å². The molecule has 0 bridgehead atoms. The van der Waals surface area contributed by atoms with E-state index in [0.717, 1.165) is 18.4 Å². The number of hydrogen-bond donors (Lipinski definition) is 1. The van der Waals surface area contributed by atoms with E-state index < -0.39 is 5.54 Å². The molecule has 1 saturated carbocycles. The topological polar surface area (TPSA) is 38.3 Å². The number of ether oxygens (including phenoxy) is 1. The molecule has 1 aromatic carbocycles. The number of methoxy groups -OCH3 is 1. The normalized spacial score (nSPS) is 19.2. The summed E-state index contributed by atoms with van der Waals surface area (Å²) in [5.74, 6) is -0.0662. The minimum atomic E-state index is -0.752. The lowest BCUT2D eigenvalue weighted by Crippen LogP contribution is -2.57. The molecule has 0 aromatic heterocycles. The van der Waals surface area contributed by atoms with E-state index in [-0.39, 0.29) is 11.9 Å². The minimum absolute atomic E-state index is 0.120. The van der Waals surface area contributed by atoms with E-state index in [1.807, 2.05) is 30.3 Å². The SMILES string of the molecule is COC(=O)C(NC1CCCCC1)(c1ccccc1)C(C)C. The van der Waals surface area contributed by atoms with Crippen LogP contribution in [0.1, 0.15) is 51.5 Å². The Morgan fingerprint density at radius 2 is 1.81 bits per heavy atom. The van der Waals surface area contributed by atoms with Crippen LogP contribution in [0.4, 0.5) is 0 Å². The van der Waals surface area contributed by atoms with Crippen molar-refractivity contribution in [3.8, 4) is 0 Å². The zero-order valence-corrected chi connectivity index (χ0v) is 13.4. The Labute approximate surface area is 128 Å². The van der Waals surface area contributed by atoms with Gasteiger partial charge in [0.1, 0.15) is 5.54 Å². The quantitative estimate of drug-likeness (QED) is 0.841. The van der Waals surface area contributed by atoms with Gasteiger partial charge in [-0.15, -0.1) is 0 Å². The molecule has 1 unspecified atom stereocenters. The lowest BCUT2D eigenvalue weighted by molar-refractivity contribution is -0.152. The second-order valence-electron chi connectivity index (χ2n) is 6.30. The highest BCUT2D eigenvalue weighted by molar-refractivity contribution is 5.83. The van der Waals surface area contributed by atoms with Crippen LogP contribution in [0.3, 0.4) is 0 Å². The number of hydrogen-bond acceptors (Lipinski definition) is 3. The van der Waals surface area contributed by atoms with Gasteiger partial charge in [0, 0.05) is 6.04 Å². The number of rotatable bonds is 5. The number of carbonyl (C=O) groups excluding carboxylic acids is 1. The van der Waals surface area contributed by atoms with Gasteiger partial charge in [0.25, 0.3) is 0 Å². The molecule has 116 valence electrons. The van der Waals surface area contributed by atoms with Crippen LogP contribution < -0.4 is 5.32 Å². The van der Waals surface area contributed by atoms with Gasteiger partial charge in [0.2, 0.25) is 0 Å². The molecule has 1 atom stereocenters. The molecule has 0 spiro atoms. The predicted octanol–water partition coefficient (Wildman–Crippen LogP) is 3.63. The van der Waals surface area contributed by atoms with E-state index >= 15 is 0 Å². The number of carbonyl (C=O) groups is 1. The van der Waals surface area contributed by atoms with Crippen molar-refractivity contribution in [3.63, 3.8) is 0 Å². The Hall–Kier alpha value is -1.35. The van der Waals surface area contributed by atoms with Gasteiger partial charge in [-0.3, -0.25) is 5.32 Å². The van der Waals surface area contributed by atoms with E-state index in [0.29, 0.717) is 6.04 Å². The monoisotopic (exact) mass is 289 g/mol. The molecule has 3 heteroatoms. The maximum absolute atomic E-state index is 12.7.